The van der Waals surface area contributed by atoms with Gasteiger partial charge in [0, 0.05) is 12.6 Å². The molecule has 0 bridgehead atoms. The van der Waals surface area contributed by atoms with Crippen LogP contribution in [0.2, 0.25) is 5.04 Å². The van der Waals surface area contributed by atoms with E-state index in [1.807, 2.05) is 36.4 Å². The van der Waals surface area contributed by atoms with Gasteiger partial charge in [-0.3, -0.25) is 0 Å². The van der Waals surface area contributed by atoms with E-state index in [4.69, 9.17) is 4.43 Å². The largest absolute Gasteiger partial charge is 0.405 e. The molecule has 174 valence electrons. The molecule has 3 aromatic rings. The molecule has 4 heteroatoms. The number of hydrogen-bond donors (Lipinski definition) is 2. The SMILES string of the molecule is C=CC[C@@H](NCc1ccccc1)[C@H](O)CO[Si](c1ccccc1)(c1ccccc1)C(C)(C)C. The third-order valence-corrected chi connectivity index (χ3v) is 11.2. The summed E-state index contributed by atoms with van der Waals surface area (Å²) in [5.41, 5.74) is 1.19. The van der Waals surface area contributed by atoms with E-state index in [0.29, 0.717) is 13.0 Å². The molecular weight excluding hydrogens is 422 g/mol. The van der Waals surface area contributed by atoms with Gasteiger partial charge in [0.25, 0.3) is 8.32 Å². The highest BCUT2D eigenvalue weighted by molar-refractivity contribution is 6.99. The van der Waals surface area contributed by atoms with Gasteiger partial charge in [-0.2, -0.15) is 0 Å². The summed E-state index contributed by atoms with van der Waals surface area (Å²) >= 11 is 0. The minimum atomic E-state index is -2.68. The molecule has 0 aliphatic rings. The Morgan fingerprint density at radius 1 is 0.879 bits per heavy atom. The molecule has 0 aliphatic carbocycles. The van der Waals surface area contributed by atoms with Gasteiger partial charge in [-0.25, -0.2) is 0 Å². The normalized spacial score (nSPS) is 13.9. The minimum Gasteiger partial charge on any atom is -0.405 e. The Balaban J connectivity index is 1.87. The molecule has 0 radical (unpaired) electrons. The van der Waals surface area contributed by atoms with Crippen LogP contribution in [-0.4, -0.2) is 32.2 Å². The van der Waals surface area contributed by atoms with Crippen molar-refractivity contribution in [1.82, 2.24) is 5.32 Å². The highest BCUT2D eigenvalue weighted by Crippen LogP contribution is 2.36. The fourth-order valence-electron chi connectivity index (χ4n) is 4.49. The minimum absolute atomic E-state index is 0.124. The predicted molar refractivity (Wildman–Crippen MR) is 141 cm³/mol. The number of aliphatic hydroxyl groups is 1. The van der Waals surface area contributed by atoms with Crippen LogP contribution in [0.15, 0.2) is 104 Å². The van der Waals surface area contributed by atoms with Crippen molar-refractivity contribution in [2.24, 2.45) is 0 Å². The molecule has 0 spiro atoms. The van der Waals surface area contributed by atoms with Crippen LogP contribution in [-0.2, 0) is 11.0 Å². The number of nitrogens with one attached hydrogen (secondary N) is 1. The molecular formula is C29H37NO2Si. The number of rotatable bonds is 11. The lowest BCUT2D eigenvalue weighted by Crippen LogP contribution is -2.67. The summed E-state index contributed by atoms with van der Waals surface area (Å²) in [4.78, 5) is 0. The molecule has 0 amide bonds. The van der Waals surface area contributed by atoms with Crippen molar-refractivity contribution in [1.29, 1.82) is 0 Å². The van der Waals surface area contributed by atoms with Gasteiger partial charge in [0.15, 0.2) is 0 Å². The maximum absolute atomic E-state index is 11.2. The van der Waals surface area contributed by atoms with E-state index in [1.54, 1.807) is 0 Å². The van der Waals surface area contributed by atoms with E-state index in [1.165, 1.54) is 15.9 Å². The summed E-state index contributed by atoms with van der Waals surface area (Å²) in [6, 6.07) is 31.2. The standard InChI is InChI=1S/C29H37NO2Si/c1-5-15-27(30-22-24-16-9-6-10-17-24)28(31)23-32-33(29(2,3)4,25-18-11-7-12-19-25)26-20-13-8-14-21-26/h5-14,16-21,27-28,30-31H,1,15,22-23H2,2-4H3/t27-,28-/m1/s1. The monoisotopic (exact) mass is 459 g/mol. The molecule has 33 heavy (non-hydrogen) atoms. The fourth-order valence-corrected chi connectivity index (χ4v) is 9.07. The fraction of sp³-hybridized carbons (Fsp3) is 0.310. The van der Waals surface area contributed by atoms with Crippen molar-refractivity contribution in [2.75, 3.05) is 6.61 Å². The molecule has 3 rings (SSSR count). The summed E-state index contributed by atoms with van der Waals surface area (Å²) in [7, 11) is -2.68. The van der Waals surface area contributed by atoms with E-state index in [0.717, 1.165) is 0 Å². The Hall–Kier alpha value is -2.50. The van der Waals surface area contributed by atoms with Gasteiger partial charge >= 0.3 is 0 Å². The first-order chi connectivity index (χ1) is 15.9. The zero-order valence-electron chi connectivity index (χ0n) is 20.1. The molecule has 0 saturated heterocycles. The lowest BCUT2D eigenvalue weighted by Gasteiger charge is -2.43. The van der Waals surface area contributed by atoms with Gasteiger partial charge in [-0.1, -0.05) is 118 Å². The van der Waals surface area contributed by atoms with Crippen molar-refractivity contribution < 1.29 is 9.53 Å². The summed E-state index contributed by atoms with van der Waals surface area (Å²) in [6.07, 6.45) is 1.86. The molecule has 0 aliphatic heterocycles. The predicted octanol–water partition coefficient (Wildman–Crippen LogP) is 4.66. The van der Waals surface area contributed by atoms with Crippen molar-refractivity contribution >= 4 is 18.7 Å². The molecule has 0 unspecified atom stereocenters. The lowest BCUT2D eigenvalue weighted by molar-refractivity contribution is 0.0691. The van der Waals surface area contributed by atoms with Crippen molar-refractivity contribution in [3.8, 4) is 0 Å². The quantitative estimate of drug-likeness (QED) is 0.324. The number of benzene rings is 3. The second-order valence-electron chi connectivity index (χ2n) is 9.54. The zero-order chi connectivity index (χ0) is 23.7. The molecule has 3 aromatic carbocycles. The van der Waals surface area contributed by atoms with Crippen LogP contribution in [0.1, 0.15) is 32.8 Å². The molecule has 3 nitrogen and oxygen atoms in total. The van der Waals surface area contributed by atoms with Gasteiger partial charge in [0.2, 0.25) is 0 Å². The van der Waals surface area contributed by atoms with Crippen LogP contribution in [0.5, 0.6) is 0 Å². The van der Waals surface area contributed by atoms with Crippen LogP contribution >= 0.6 is 0 Å². The summed E-state index contributed by atoms with van der Waals surface area (Å²) in [5.74, 6) is 0. The van der Waals surface area contributed by atoms with E-state index in [2.05, 4.69) is 93.3 Å². The molecule has 0 aromatic heterocycles. The second-order valence-corrected chi connectivity index (χ2v) is 13.8. The van der Waals surface area contributed by atoms with Crippen molar-refractivity contribution in [3.63, 3.8) is 0 Å². The first kappa shape index (κ1) is 25.1. The maximum Gasteiger partial charge on any atom is 0.261 e. The molecule has 2 atom stereocenters. The maximum atomic E-state index is 11.2. The lowest BCUT2D eigenvalue weighted by atomic mass is 10.1. The Labute approximate surface area is 200 Å². The van der Waals surface area contributed by atoms with Crippen LogP contribution in [0.3, 0.4) is 0 Å². The number of aliphatic hydroxyl groups excluding tert-OH is 1. The smallest absolute Gasteiger partial charge is 0.261 e. The van der Waals surface area contributed by atoms with Gasteiger partial charge in [0.05, 0.1) is 12.7 Å². The Kier molecular flexibility index (Phi) is 8.81. The van der Waals surface area contributed by atoms with Gasteiger partial charge in [0.1, 0.15) is 0 Å². The number of hydrogen-bond acceptors (Lipinski definition) is 3. The first-order valence-electron chi connectivity index (χ1n) is 11.7. The highest BCUT2D eigenvalue weighted by Gasteiger charge is 2.50. The topological polar surface area (TPSA) is 41.5 Å². The second kappa shape index (κ2) is 11.6. The molecule has 0 saturated carbocycles. The van der Waals surface area contributed by atoms with Crippen molar-refractivity contribution in [3.05, 3.63) is 109 Å². The third-order valence-electron chi connectivity index (χ3n) is 6.18. The van der Waals surface area contributed by atoms with Gasteiger partial charge in [-0.15, -0.1) is 6.58 Å². The Morgan fingerprint density at radius 3 is 1.82 bits per heavy atom. The highest BCUT2D eigenvalue weighted by atomic mass is 28.4. The first-order valence-corrected chi connectivity index (χ1v) is 13.6. The van der Waals surface area contributed by atoms with E-state index < -0.39 is 14.4 Å². The van der Waals surface area contributed by atoms with Crippen LogP contribution in [0.4, 0.5) is 0 Å². The van der Waals surface area contributed by atoms with Gasteiger partial charge < -0.3 is 14.8 Å². The summed E-state index contributed by atoms with van der Waals surface area (Å²) < 4.78 is 6.92. The van der Waals surface area contributed by atoms with Gasteiger partial charge in [-0.05, 0) is 27.4 Å². The average Bonchev–Trinajstić information content (AvgIpc) is 2.83. The summed E-state index contributed by atoms with van der Waals surface area (Å²) in [6.45, 7) is 11.6. The Bertz CT molecular complexity index is 931. The van der Waals surface area contributed by atoms with E-state index in [-0.39, 0.29) is 17.7 Å². The third kappa shape index (κ3) is 6.09. The summed E-state index contributed by atoms with van der Waals surface area (Å²) in [5, 5.41) is 17.0. The zero-order valence-corrected chi connectivity index (χ0v) is 21.1. The molecule has 0 heterocycles. The average molecular weight is 460 g/mol. The van der Waals surface area contributed by atoms with Crippen LogP contribution in [0.25, 0.3) is 0 Å². The van der Waals surface area contributed by atoms with E-state index >= 15 is 0 Å². The Morgan fingerprint density at radius 2 is 1.36 bits per heavy atom. The molecule has 2 N–H and O–H groups in total. The molecule has 0 fully saturated rings. The van der Waals surface area contributed by atoms with Crippen LogP contribution in [0, 0.1) is 0 Å². The van der Waals surface area contributed by atoms with Crippen LogP contribution < -0.4 is 15.7 Å². The van der Waals surface area contributed by atoms with E-state index in [9.17, 15) is 5.11 Å². The van der Waals surface area contributed by atoms with Crippen molar-refractivity contribution in [2.45, 2.75) is 50.9 Å².